The molecule has 138 valence electrons. The van der Waals surface area contributed by atoms with Crippen LogP contribution in [0, 0.1) is 5.92 Å². The summed E-state index contributed by atoms with van der Waals surface area (Å²) in [5.41, 5.74) is 2.26. The van der Waals surface area contributed by atoms with Crippen LogP contribution in [0.2, 0.25) is 0 Å². The van der Waals surface area contributed by atoms with Crippen LogP contribution in [0.4, 0.5) is 13.2 Å². The van der Waals surface area contributed by atoms with Gasteiger partial charge in [-0.2, -0.15) is 13.2 Å². The van der Waals surface area contributed by atoms with E-state index >= 15 is 0 Å². The van der Waals surface area contributed by atoms with Crippen LogP contribution in [-0.4, -0.2) is 17.5 Å². The van der Waals surface area contributed by atoms with Crippen molar-refractivity contribution in [3.63, 3.8) is 0 Å². The van der Waals surface area contributed by atoms with Gasteiger partial charge in [0.2, 0.25) is 0 Å². The second kappa shape index (κ2) is 6.33. The van der Waals surface area contributed by atoms with Crippen LogP contribution in [0.5, 0.6) is 0 Å². The van der Waals surface area contributed by atoms with E-state index in [1.54, 1.807) is 12.2 Å². The number of allylic oxidation sites excluding steroid dienone is 3. The highest BCUT2D eigenvalue weighted by Crippen LogP contribution is 2.39. The van der Waals surface area contributed by atoms with Gasteiger partial charge < -0.3 is 5.32 Å². The molecule has 0 saturated heterocycles. The minimum absolute atomic E-state index is 0.000297. The number of carbonyl (C=O) groups excluding carboxylic acids is 2. The van der Waals surface area contributed by atoms with E-state index in [4.69, 9.17) is 0 Å². The van der Waals surface area contributed by atoms with Gasteiger partial charge in [0.25, 0.3) is 11.8 Å². The van der Waals surface area contributed by atoms with Crippen LogP contribution in [0.3, 0.4) is 0 Å². The van der Waals surface area contributed by atoms with Crippen LogP contribution in [0.25, 0.3) is 0 Å². The number of carbonyl (C=O) groups is 2. The van der Waals surface area contributed by atoms with E-state index in [1.165, 1.54) is 0 Å². The van der Waals surface area contributed by atoms with Crippen molar-refractivity contribution in [2.75, 3.05) is 0 Å². The molecule has 4 rings (SSSR count). The molecule has 27 heavy (non-hydrogen) atoms. The Labute approximate surface area is 153 Å². The maximum absolute atomic E-state index is 12.6. The number of rotatable bonds is 1. The first-order valence-corrected chi connectivity index (χ1v) is 8.56. The fourth-order valence-corrected chi connectivity index (χ4v) is 3.64. The Balaban J connectivity index is 1.57. The maximum Gasteiger partial charge on any atom is 0.416 e. The maximum atomic E-state index is 12.6. The quantitative estimate of drug-likeness (QED) is 0.811. The molecule has 0 saturated carbocycles. The Morgan fingerprint density at radius 1 is 1.15 bits per heavy atom. The van der Waals surface area contributed by atoms with Gasteiger partial charge in [0.1, 0.15) is 0 Å². The number of hydrogen-bond acceptors (Lipinski definition) is 2. The molecule has 0 aromatic heterocycles. The van der Waals surface area contributed by atoms with E-state index in [9.17, 15) is 22.8 Å². The van der Waals surface area contributed by atoms with Gasteiger partial charge in [0.05, 0.1) is 11.3 Å². The van der Waals surface area contributed by atoms with Crippen LogP contribution in [0.1, 0.15) is 35.2 Å². The van der Waals surface area contributed by atoms with E-state index in [2.05, 4.69) is 10.3 Å². The van der Waals surface area contributed by atoms with Gasteiger partial charge in [0.15, 0.2) is 0 Å². The number of amides is 2. The Morgan fingerprint density at radius 2 is 1.89 bits per heavy atom. The van der Waals surface area contributed by atoms with Crippen molar-refractivity contribution in [2.24, 2.45) is 10.9 Å². The topological polar surface area (TPSA) is 58.5 Å². The molecule has 0 spiro atoms. The number of fused-ring (bicyclic) bond motifs is 2. The summed E-state index contributed by atoms with van der Waals surface area (Å²) < 4.78 is 37.8. The molecule has 0 bridgehead atoms. The Kier molecular flexibility index (Phi) is 4.09. The normalized spacial score (nSPS) is 23.1. The second-order valence-electron chi connectivity index (χ2n) is 6.66. The molecule has 1 aromatic carbocycles. The first kappa shape index (κ1) is 17.5. The van der Waals surface area contributed by atoms with Gasteiger partial charge in [0, 0.05) is 22.8 Å². The molecule has 0 fully saturated rings. The van der Waals surface area contributed by atoms with E-state index in [1.807, 2.05) is 6.08 Å². The number of aliphatic imine (C=N–C) groups is 1. The SMILES string of the molecule is O=C1NC2=CC(=NC(=O)c3ccc(C(F)(F)F)cc3)C=CC2C2=C1CCC2. The fraction of sp³-hybridized carbons (Fsp3) is 0.250. The van der Waals surface area contributed by atoms with E-state index in [0.717, 1.165) is 54.7 Å². The Morgan fingerprint density at radius 3 is 2.59 bits per heavy atom. The first-order valence-electron chi connectivity index (χ1n) is 8.56. The van der Waals surface area contributed by atoms with Gasteiger partial charge in [-0.1, -0.05) is 6.08 Å². The smallest absolute Gasteiger partial charge is 0.325 e. The number of alkyl halides is 3. The molecule has 2 amide bonds. The summed E-state index contributed by atoms with van der Waals surface area (Å²) in [7, 11) is 0. The molecule has 1 unspecified atom stereocenters. The second-order valence-corrected chi connectivity index (χ2v) is 6.66. The highest BCUT2D eigenvalue weighted by atomic mass is 19.4. The third kappa shape index (κ3) is 3.25. The molecule has 3 aliphatic rings. The molecule has 0 radical (unpaired) electrons. The average molecular weight is 372 g/mol. The molecule has 1 heterocycles. The van der Waals surface area contributed by atoms with Crippen molar-refractivity contribution in [3.8, 4) is 0 Å². The van der Waals surface area contributed by atoms with Crippen molar-refractivity contribution in [1.29, 1.82) is 0 Å². The number of benzene rings is 1. The number of nitrogens with zero attached hydrogens (tertiary/aromatic N) is 1. The van der Waals surface area contributed by atoms with Crippen molar-refractivity contribution in [1.82, 2.24) is 5.32 Å². The summed E-state index contributed by atoms with van der Waals surface area (Å²) in [5.74, 6) is -0.740. The van der Waals surface area contributed by atoms with Gasteiger partial charge in [-0.3, -0.25) is 9.59 Å². The molecular weight excluding hydrogens is 357 g/mol. The zero-order valence-corrected chi connectivity index (χ0v) is 14.1. The zero-order chi connectivity index (χ0) is 19.2. The monoisotopic (exact) mass is 372 g/mol. The third-order valence-corrected chi connectivity index (χ3v) is 4.96. The molecule has 1 N–H and O–H groups in total. The zero-order valence-electron chi connectivity index (χ0n) is 14.1. The van der Waals surface area contributed by atoms with Gasteiger partial charge in [-0.15, -0.1) is 0 Å². The predicted octanol–water partition coefficient (Wildman–Crippen LogP) is 3.97. The van der Waals surface area contributed by atoms with E-state index in [-0.39, 0.29) is 17.4 Å². The summed E-state index contributed by atoms with van der Waals surface area (Å²) in [6.07, 6.45) is 3.42. The summed E-state index contributed by atoms with van der Waals surface area (Å²) in [6, 6.07) is 3.92. The van der Waals surface area contributed by atoms with Crippen LogP contribution in [0.15, 0.2) is 64.3 Å². The summed E-state index contributed by atoms with van der Waals surface area (Å²) in [4.78, 5) is 28.4. The van der Waals surface area contributed by atoms with Crippen LogP contribution >= 0.6 is 0 Å². The number of hydrogen-bond donors (Lipinski definition) is 1. The Hall–Kier alpha value is -2.96. The fourth-order valence-electron chi connectivity index (χ4n) is 3.64. The van der Waals surface area contributed by atoms with Crippen molar-refractivity contribution in [2.45, 2.75) is 25.4 Å². The van der Waals surface area contributed by atoms with Crippen molar-refractivity contribution < 1.29 is 22.8 Å². The molecule has 2 aliphatic carbocycles. The molecule has 1 aromatic rings. The summed E-state index contributed by atoms with van der Waals surface area (Å²) >= 11 is 0. The van der Waals surface area contributed by atoms with Gasteiger partial charge >= 0.3 is 6.18 Å². The van der Waals surface area contributed by atoms with Crippen LogP contribution in [-0.2, 0) is 11.0 Å². The Bertz CT molecular complexity index is 950. The van der Waals surface area contributed by atoms with Crippen molar-refractivity contribution >= 4 is 17.5 Å². The van der Waals surface area contributed by atoms with Crippen LogP contribution < -0.4 is 5.32 Å². The molecular formula is C20H15F3N2O2. The lowest BCUT2D eigenvalue weighted by Crippen LogP contribution is -2.35. The molecule has 1 aliphatic heterocycles. The molecule has 1 atom stereocenters. The summed E-state index contributed by atoms with van der Waals surface area (Å²) in [6.45, 7) is 0. The highest BCUT2D eigenvalue weighted by Gasteiger charge is 2.34. The minimum Gasteiger partial charge on any atom is -0.325 e. The molecule has 4 nitrogen and oxygen atoms in total. The largest absolute Gasteiger partial charge is 0.416 e. The highest BCUT2D eigenvalue weighted by molar-refractivity contribution is 6.14. The first-order chi connectivity index (χ1) is 12.8. The number of nitrogens with one attached hydrogen (secondary N) is 1. The third-order valence-electron chi connectivity index (χ3n) is 4.96. The summed E-state index contributed by atoms with van der Waals surface area (Å²) in [5, 5.41) is 2.85. The van der Waals surface area contributed by atoms with Gasteiger partial charge in [-0.05, 0) is 61.3 Å². The standard InChI is InChI=1S/C20H15F3N2O2/c21-20(22,23)12-6-4-11(5-7-12)18(26)24-13-8-9-15-14-2-1-3-16(14)19(27)25-17(15)10-13/h4-10,15H,1-3H2,(H,25,27). The van der Waals surface area contributed by atoms with Crippen molar-refractivity contribution in [3.05, 3.63) is 70.5 Å². The minimum atomic E-state index is -4.45. The average Bonchev–Trinajstić information content (AvgIpc) is 3.11. The lowest BCUT2D eigenvalue weighted by atomic mass is 9.85. The van der Waals surface area contributed by atoms with E-state index in [0.29, 0.717) is 11.4 Å². The number of halogens is 3. The predicted molar refractivity (Wildman–Crippen MR) is 92.9 cm³/mol. The van der Waals surface area contributed by atoms with Gasteiger partial charge in [-0.25, -0.2) is 4.99 Å². The lowest BCUT2D eigenvalue weighted by molar-refractivity contribution is -0.137. The van der Waals surface area contributed by atoms with E-state index < -0.39 is 17.6 Å². The molecule has 7 heteroatoms. The lowest BCUT2D eigenvalue weighted by Gasteiger charge is -2.28.